The van der Waals surface area contributed by atoms with Gasteiger partial charge in [0.15, 0.2) is 5.13 Å². The van der Waals surface area contributed by atoms with Crippen molar-refractivity contribution in [1.82, 2.24) is 4.98 Å². The van der Waals surface area contributed by atoms with Gasteiger partial charge in [-0.2, -0.15) is 11.8 Å². The lowest BCUT2D eigenvalue weighted by atomic mass is 10.2. The molecule has 0 radical (unpaired) electrons. The molecule has 1 heterocycles. The van der Waals surface area contributed by atoms with Gasteiger partial charge in [0.1, 0.15) is 0 Å². The van der Waals surface area contributed by atoms with Gasteiger partial charge in [0.2, 0.25) is 0 Å². The van der Waals surface area contributed by atoms with Crippen LogP contribution in [0.2, 0.25) is 0 Å². The fourth-order valence-electron chi connectivity index (χ4n) is 1.37. The average molecular weight is 274 g/mol. The average Bonchev–Trinajstić information content (AvgIpc) is 2.70. The normalized spacial score (nSPS) is 10.4. The molecule has 0 fully saturated rings. The van der Waals surface area contributed by atoms with Crippen LogP contribution in [-0.2, 0) is 11.2 Å². The van der Waals surface area contributed by atoms with E-state index in [1.807, 2.05) is 11.8 Å². The number of thiazole rings is 1. The van der Waals surface area contributed by atoms with Crippen molar-refractivity contribution < 1.29 is 9.90 Å². The minimum absolute atomic E-state index is 0.00586. The topological polar surface area (TPSA) is 62.2 Å². The van der Waals surface area contributed by atoms with Crippen LogP contribution in [-0.4, -0.2) is 34.6 Å². The van der Waals surface area contributed by atoms with E-state index >= 15 is 0 Å². The van der Waals surface area contributed by atoms with Crippen LogP contribution in [0.5, 0.6) is 0 Å². The van der Waals surface area contributed by atoms with Gasteiger partial charge in [-0.15, -0.1) is 11.3 Å². The van der Waals surface area contributed by atoms with Crippen LogP contribution in [0.4, 0.5) is 5.13 Å². The van der Waals surface area contributed by atoms with E-state index < -0.39 is 5.97 Å². The van der Waals surface area contributed by atoms with Gasteiger partial charge in [-0.1, -0.05) is 6.42 Å². The van der Waals surface area contributed by atoms with Crippen LogP contribution in [0.3, 0.4) is 0 Å². The molecule has 0 aliphatic rings. The highest BCUT2D eigenvalue weighted by Crippen LogP contribution is 2.16. The predicted molar refractivity (Wildman–Crippen MR) is 74.2 cm³/mol. The molecule has 0 amide bonds. The van der Waals surface area contributed by atoms with E-state index in [0.29, 0.717) is 5.69 Å². The molecule has 2 N–H and O–H groups in total. The highest BCUT2D eigenvalue weighted by atomic mass is 32.2. The predicted octanol–water partition coefficient (Wildman–Crippen LogP) is 2.72. The first-order valence-electron chi connectivity index (χ1n) is 5.61. The summed E-state index contributed by atoms with van der Waals surface area (Å²) in [5.41, 5.74) is 0.632. The Morgan fingerprint density at radius 2 is 2.35 bits per heavy atom. The standard InChI is InChI=1S/C11H18N2O2S2/c1-16-6-4-2-3-5-12-11-13-9(8-17-11)7-10(14)15/h8H,2-7H2,1H3,(H,12,13)(H,14,15). The molecule has 6 heteroatoms. The Bertz CT molecular complexity index is 342. The van der Waals surface area contributed by atoms with Crippen molar-refractivity contribution in [1.29, 1.82) is 0 Å². The highest BCUT2D eigenvalue weighted by Gasteiger charge is 2.05. The lowest BCUT2D eigenvalue weighted by Crippen LogP contribution is -2.03. The fraction of sp³-hybridized carbons (Fsp3) is 0.636. The zero-order valence-electron chi connectivity index (χ0n) is 9.94. The van der Waals surface area contributed by atoms with Crippen LogP contribution < -0.4 is 5.32 Å². The van der Waals surface area contributed by atoms with Crippen LogP contribution in [0.1, 0.15) is 25.0 Å². The van der Waals surface area contributed by atoms with Gasteiger partial charge in [-0.05, 0) is 24.9 Å². The lowest BCUT2D eigenvalue weighted by Gasteiger charge is -2.01. The monoisotopic (exact) mass is 274 g/mol. The van der Waals surface area contributed by atoms with E-state index in [-0.39, 0.29) is 6.42 Å². The summed E-state index contributed by atoms with van der Waals surface area (Å²) >= 11 is 3.35. The molecule has 0 spiro atoms. The molecule has 0 saturated carbocycles. The first-order valence-corrected chi connectivity index (χ1v) is 7.88. The van der Waals surface area contributed by atoms with Crippen molar-refractivity contribution in [2.75, 3.05) is 23.9 Å². The lowest BCUT2D eigenvalue weighted by molar-refractivity contribution is -0.136. The minimum Gasteiger partial charge on any atom is -0.481 e. The Morgan fingerprint density at radius 3 is 3.06 bits per heavy atom. The largest absolute Gasteiger partial charge is 0.481 e. The summed E-state index contributed by atoms with van der Waals surface area (Å²) in [6, 6.07) is 0. The number of aromatic nitrogens is 1. The molecule has 0 aliphatic carbocycles. The zero-order chi connectivity index (χ0) is 12.5. The van der Waals surface area contributed by atoms with E-state index in [4.69, 9.17) is 5.11 Å². The van der Waals surface area contributed by atoms with Gasteiger partial charge in [0, 0.05) is 11.9 Å². The van der Waals surface area contributed by atoms with E-state index in [1.54, 1.807) is 5.38 Å². The summed E-state index contributed by atoms with van der Waals surface area (Å²) in [5, 5.41) is 14.5. The third-order valence-electron chi connectivity index (χ3n) is 2.19. The van der Waals surface area contributed by atoms with Crippen LogP contribution in [0.25, 0.3) is 0 Å². The van der Waals surface area contributed by atoms with E-state index in [0.717, 1.165) is 18.1 Å². The molecule has 0 aromatic carbocycles. The number of nitrogens with one attached hydrogen (secondary N) is 1. The van der Waals surface area contributed by atoms with Crippen molar-refractivity contribution in [3.63, 3.8) is 0 Å². The molecule has 1 aromatic heterocycles. The number of anilines is 1. The molecule has 0 unspecified atom stereocenters. The van der Waals surface area contributed by atoms with E-state index in [2.05, 4.69) is 16.6 Å². The van der Waals surface area contributed by atoms with Crippen molar-refractivity contribution in [3.8, 4) is 0 Å². The Balaban J connectivity index is 2.14. The van der Waals surface area contributed by atoms with Crippen molar-refractivity contribution in [3.05, 3.63) is 11.1 Å². The second-order valence-corrected chi connectivity index (χ2v) is 5.54. The molecular weight excluding hydrogens is 256 g/mol. The third kappa shape index (κ3) is 6.53. The van der Waals surface area contributed by atoms with Crippen LogP contribution in [0, 0.1) is 0 Å². The summed E-state index contributed by atoms with van der Waals surface area (Å²) < 4.78 is 0. The third-order valence-corrected chi connectivity index (χ3v) is 3.73. The smallest absolute Gasteiger partial charge is 0.309 e. The van der Waals surface area contributed by atoms with Gasteiger partial charge in [0.05, 0.1) is 12.1 Å². The number of carboxylic acids is 1. The number of aliphatic carboxylic acids is 1. The number of carbonyl (C=O) groups is 1. The van der Waals surface area contributed by atoms with Crippen LogP contribution in [0.15, 0.2) is 5.38 Å². The Morgan fingerprint density at radius 1 is 1.53 bits per heavy atom. The van der Waals surface area contributed by atoms with Crippen LogP contribution >= 0.6 is 23.1 Å². The maximum Gasteiger partial charge on any atom is 0.309 e. The quantitative estimate of drug-likeness (QED) is 0.678. The molecular formula is C11H18N2O2S2. The van der Waals surface area contributed by atoms with E-state index in [9.17, 15) is 4.79 Å². The number of unbranched alkanes of at least 4 members (excludes halogenated alkanes) is 2. The second kappa shape index (κ2) is 8.36. The van der Waals surface area contributed by atoms with Crippen molar-refractivity contribution in [2.24, 2.45) is 0 Å². The Hall–Kier alpha value is -0.750. The summed E-state index contributed by atoms with van der Waals surface area (Å²) in [6.07, 6.45) is 5.74. The summed E-state index contributed by atoms with van der Waals surface area (Å²) in [5.74, 6) is 0.388. The number of carboxylic acid groups (broad SMARTS) is 1. The molecule has 17 heavy (non-hydrogen) atoms. The van der Waals surface area contributed by atoms with Gasteiger partial charge < -0.3 is 10.4 Å². The molecule has 1 rings (SSSR count). The minimum atomic E-state index is -0.834. The zero-order valence-corrected chi connectivity index (χ0v) is 11.6. The molecule has 0 atom stereocenters. The molecule has 0 bridgehead atoms. The summed E-state index contributed by atoms with van der Waals surface area (Å²) in [7, 11) is 0. The van der Waals surface area contributed by atoms with E-state index in [1.165, 1.54) is 29.9 Å². The number of rotatable bonds is 9. The molecule has 0 saturated heterocycles. The van der Waals surface area contributed by atoms with Crippen molar-refractivity contribution >= 4 is 34.2 Å². The Kier molecular flexibility index (Phi) is 7.04. The SMILES string of the molecule is CSCCCCCNc1nc(CC(=O)O)cs1. The number of thioether (sulfide) groups is 1. The number of hydrogen-bond donors (Lipinski definition) is 2. The van der Waals surface area contributed by atoms with Crippen molar-refractivity contribution in [2.45, 2.75) is 25.7 Å². The van der Waals surface area contributed by atoms with Gasteiger partial charge in [0.25, 0.3) is 0 Å². The highest BCUT2D eigenvalue weighted by molar-refractivity contribution is 7.98. The first kappa shape index (κ1) is 14.3. The molecule has 96 valence electrons. The second-order valence-electron chi connectivity index (χ2n) is 3.69. The first-order chi connectivity index (χ1) is 8.22. The van der Waals surface area contributed by atoms with Gasteiger partial charge >= 0.3 is 5.97 Å². The number of hydrogen-bond acceptors (Lipinski definition) is 5. The molecule has 1 aromatic rings. The number of nitrogens with zero attached hydrogens (tertiary/aromatic N) is 1. The maximum atomic E-state index is 10.5. The maximum absolute atomic E-state index is 10.5. The molecule has 4 nitrogen and oxygen atoms in total. The molecule has 0 aliphatic heterocycles. The van der Waals surface area contributed by atoms with Gasteiger partial charge in [-0.3, -0.25) is 4.79 Å². The van der Waals surface area contributed by atoms with Gasteiger partial charge in [-0.25, -0.2) is 4.98 Å². The summed E-state index contributed by atoms with van der Waals surface area (Å²) in [6.45, 7) is 0.911. The fourth-order valence-corrected chi connectivity index (χ4v) is 2.60. The Labute approximate surface area is 110 Å². The summed E-state index contributed by atoms with van der Waals surface area (Å²) in [4.78, 5) is 14.7.